The first-order valence-electron chi connectivity index (χ1n) is 10.1. The number of ether oxygens (including phenoxy) is 1. The molecule has 1 aliphatic rings. The van der Waals surface area contributed by atoms with E-state index in [2.05, 4.69) is 50.1 Å². The minimum absolute atomic E-state index is 0.206. The van der Waals surface area contributed by atoms with Gasteiger partial charge in [-0.1, -0.05) is 42.5 Å². The third kappa shape index (κ3) is 4.22. The zero-order valence-electron chi connectivity index (χ0n) is 17.5. The molecular weight excluding hydrogens is 390 g/mol. The molecule has 0 amide bonds. The maximum Gasteiger partial charge on any atom is 0.215 e. The zero-order chi connectivity index (χ0) is 21.8. The van der Waals surface area contributed by atoms with Crippen LogP contribution in [-0.2, 0) is 0 Å². The number of nitriles is 1. The summed E-state index contributed by atoms with van der Waals surface area (Å²) in [6.07, 6.45) is 4.32. The summed E-state index contributed by atoms with van der Waals surface area (Å²) in [7, 11) is 1.51. The Morgan fingerprint density at radius 2 is 1.81 bits per heavy atom. The van der Waals surface area contributed by atoms with Gasteiger partial charge in [-0.15, -0.1) is 0 Å². The standard InChI is InChI=1S/C23H25N7O/c1-31-19-14-17-18(15-24)23(28-22(26)20(17)21(25)27-19)30-12-10-29(11-13-30)9-5-8-16-6-3-2-4-7-16/h2-8,14H,9-13H2,1H3,(H2,25,27)(H2,26,28). The molecule has 4 rings (SSSR count). The molecule has 0 aliphatic carbocycles. The maximum absolute atomic E-state index is 9.89. The monoisotopic (exact) mass is 415 g/mol. The van der Waals surface area contributed by atoms with Crippen molar-refractivity contribution in [3.8, 4) is 11.9 Å². The maximum atomic E-state index is 9.89. The number of hydrogen-bond donors (Lipinski definition) is 2. The van der Waals surface area contributed by atoms with Crippen LogP contribution < -0.4 is 21.1 Å². The molecule has 1 aliphatic heterocycles. The van der Waals surface area contributed by atoms with Crippen LogP contribution in [0.15, 0.2) is 42.5 Å². The molecule has 0 spiro atoms. The van der Waals surface area contributed by atoms with E-state index in [0.29, 0.717) is 28.0 Å². The first-order chi connectivity index (χ1) is 15.1. The Morgan fingerprint density at radius 3 is 2.48 bits per heavy atom. The number of pyridine rings is 2. The Hall–Kier alpha value is -3.83. The number of nitrogen functional groups attached to an aromatic ring is 2. The van der Waals surface area contributed by atoms with E-state index in [1.165, 1.54) is 12.7 Å². The van der Waals surface area contributed by atoms with Crippen molar-refractivity contribution in [3.63, 3.8) is 0 Å². The Bertz CT molecular complexity index is 1150. The SMILES string of the molecule is COc1cc2c(C#N)c(N3CCN(CC=Cc4ccccc4)CC3)nc(N)c2c(N)n1. The molecule has 2 aromatic heterocycles. The molecule has 8 nitrogen and oxygen atoms in total. The van der Waals surface area contributed by atoms with Gasteiger partial charge in [0.2, 0.25) is 5.88 Å². The molecular formula is C23H25N7O. The zero-order valence-corrected chi connectivity index (χ0v) is 17.5. The van der Waals surface area contributed by atoms with E-state index in [1.807, 2.05) is 18.2 Å². The van der Waals surface area contributed by atoms with Gasteiger partial charge in [0, 0.05) is 44.2 Å². The third-order valence-electron chi connectivity index (χ3n) is 5.47. The van der Waals surface area contributed by atoms with E-state index in [0.717, 1.165) is 32.7 Å². The van der Waals surface area contributed by atoms with E-state index in [4.69, 9.17) is 16.2 Å². The molecule has 8 heteroatoms. The van der Waals surface area contributed by atoms with E-state index in [9.17, 15) is 5.26 Å². The summed E-state index contributed by atoms with van der Waals surface area (Å²) in [4.78, 5) is 13.2. The molecule has 0 bridgehead atoms. The normalized spacial score (nSPS) is 14.8. The summed E-state index contributed by atoms with van der Waals surface area (Å²) in [5, 5.41) is 11.0. The van der Waals surface area contributed by atoms with E-state index < -0.39 is 0 Å². The summed E-state index contributed by atoms with van der Waals surface area (Å²) < 4.78 is 5.22. The van der Waals surface area contributed by atoms with Crippen molar-refractivity contribution in [1.29, 1.82) is 5.26 Å². The topological polar surface area (TPSA) is 117 Å². The summed E-state index contributed by atoms with van der Waals surface area (Å²) in [5.41, 5.74) is 13.9. The van der Waals surface area contributed by atoms with Crippen LogP contribution in [-0.4, -0.2) is 54.7 Å². The predicted octanol–water partition coefficient (Wildman–Crippen LogP) is 2.51. The summed E-state index contributed by atoms with van der Waals surface area (Å²) in [5.74, 6) is 1.40. The molecule has 1 saturated heterocycles. The Morgan fingerprint density at radius 1 is 1.10 bits per heavy atom. The van der Waals surface area contributed by atoms with Crippen molar-refractivity contribution < 1.29 is 4.74 Å². The van der Waals surface area contributed by atoms with Crippen molar-refractivity contribution in [2.75, 3.05) is 56.2 Å². The van der Waals surface area contributed by atoms with Gasteiger partial charge < -0.3 is 21.1 Å². The molecule has 158 valence electrons. The molecule has 0 radical (unpaired) electrons. The van der Waals surface area contributed by atoms with Crippen LogP contribution in [0, 0.1) is 11.3 Å². The average Bonchev–Trinajstić information content (AvgIpc) is 2.79. The van der Waals surface area contributed by atoms with E-state index in [-0.39, 0.29) is 11.6 Å². The molecule has 1 fully saturated rings. The fourth-order valence-corrected chi connectivity index (χ4v) is 3.84. The molecule has 3 aromatic rings. The van der Waals surface area contributed by atoms with Gasteiger partial charge in [0.15, 0.2) is 0 Å². The number of fused-ring (bicyclic) bond motifs is 1. The Balaban J connectivity index is 1.52. The van der Waals surface area contributed by atoms with Gasteiger partial charge in [-0.2, -0.15) is 10.2 Å². The summed E-state index contributed by atoms with van der Waals surface area (Å²) >= 11 is 0. The summed E-state index contributed by atoms with van der Waals surface area (Å²) in [6, 6.07) is 14.2. The lowest BCUT2D eigenvalue weighted by Crippen LogP contribution is -2.47. The van der Waals surface area contributed by atoms with Gasteiger partial charge in [-0.05, 0) is 5.56 Å². The highest BCUT2D eigenvalue weighted by Gasteiger charge is 2.24. The second kappa shape index (κ2) is 8.90. The predicted molar refractivity (Wildman–Crippen MR) is 124 cm³/mol. The van der Waals surface area contributed by atoms with Gasteiger partial charge in [-0.3, -0.25) is 4.90 Å². The highest BCUT2D eigenvalue weighted by atomic mass is 16.5. The number of nitrogens with two attached hydrogens (primary N) is 2. The molecule has 0 unspecified atom stereocenters. The number of rotatable bonds is 5. The van der Waals surface area contributed by atoms with Crippen molar-refractivity contribution in [1.82, 2.24) is 14.9 Å². The number of piperazine rings is 1. The number of aromatic nitrogens is 2. The minimum Gasteiger partial charge on any atom is -0.481 e. The van der Waals surface area contributed by atoms with Gasteiger partial charge in [0.05, 0.1) is 12.5 Å². The second-order valence-corrected chi connectivity index (χ2v) is 7.38. The van der Waals surface area contributed by atoms with Crippen LogP contribution in [0.1, 0.15) is 11.1 Å². The highest BCUT2D eigenvalue weighted by molar-refractivity contribution is 6.04. The van der Waals surface area contributed by atoms with Crippen LogP contribution >= 0.6 is 0 Å². The quantitative estimate of drug-likeness (QED) is 0.653. The number of benzene rings is 1. The Kier molecular flexibility index (Phi) is 5.87. The highest BCUT2D eigenvalue weighted by Crippen LogP contribution is 2.35. The smallest absolute Gasteiger partial charge is 0.215 e. The average molecular weight is 416 g/mol. The van der Waals surface area contributed by atoms with E-state index >= 15 is 0 Å². The fraction of sp³-hybridized carbons (Fsp3) is 0.261. The van der Waals surface area contributed by atoms with Gasteiger partial charge in [0.1, 0.15) is 29.1 Å². The minimum atomic E-state index is 0.206. The van der Waals surface area contributed by atoms with Gasteiger partial charge in [0.25, 0.3) is 0 Å². The molecule has 1 aromatic carbocycles. The number of methoxy groups -OCH3 is 1. The molecule has 0 atom stereocenters. The molecule has 3 heterocycles. The van der Waals surface area contributed by atoms with Crippen LogP contribution in [0.5, 0.6) is 5.88 Å². The lowest BCUT2D eigenvalue weighted by atomic mass is 10.1. The Labute approximate surface area is 181 Å². The van der Waals surface area contributed by atoms with Crippen molar-refractivity contribution in [2.24, 2.45) is 0 Å². The van der Waals surface area contributed by atoms with Crippen LogP contribution in [0.3, 0.4) is 0 Å². The molecule has 0 saturated carbocycles. The molecule has 31 heavy (non-hydrogen) atoms. The van der Waals surface area contributed by atoms with Crippen LogP contribution in [0.2, 0.25) is 0 Å². The van der Waals surface area contributed by atoms with E-state index in [1.54, 1.807) is 6.07 Å². The van der Waals surface area contributed by atoms with Crippen molar-refractivity contribution in [2.45, 2.75) is 0 Å². The number of anilines is 3. The first-order valence-corrected chi connectivity index (χ1v) is 10.1. The third-order valence-corrected chi connectivity index (χ3v) is 5.47. The first kappa shape index (κ1) is 20.4. The summed E-state index contributed by atoms with van der Waals surface area (Å²) in [6.45, 7) is 4.12. The van der Waals surface area contributed by atoms with Crippen molar-refractivity contribution in [3.05, 3.63) is 53.6 Å². The van der Waals surface area contributed by atoms with Crippen LogP contribution in [0.25, 0.3) is 16.8 Å². The van der Waals surface area contributed by atoms with Crippen LogP contribution in [0.4, 0.5) is 17.5 Å². The largest absolute Gasteiger partial charge is 0.481 e. The number of nitrogens with zero attached hydrogens (tertiary/aromatic N) is 5. The lowest BCUT2D eigenvalue weighted by Gasteiger charge is -2.35. The fourth-order valence-electron chi connectivity index (χ4n) is 3.84. The van der Waals surface area contributed by atoms with Gasteiger partial charge in [-0.25, -0.2) is 4.98 Å². The number of hydrogen-bond acceptors (Lipinski definition) is 8. The van der Waals surface area contributed by atoms with Crippen molar-refractivity contribution >= 4 is 34.3 Å². The molecule has 4 N–H and O–H groups in total. The lowest BCUT2D eigenvalue weighted by molar-refractivity contribution is 0.283. The van der Waals surface area contributed by atoms with Gasteiger partial charge >= 0.3 is 0 Å². The second-order valence-electron chi connectivity index (χ2n) is 7.38.